The summed E-state index contributed by atoms with van der Waals surface area (Å²) in [5, 5.41) is 14.2. The van der Waals surface area contributed by atoms with Crippen LogP contribution in [0.15, 0.2) is 46.9 Å². The number of benzene rings is 2. The zero-order chi connectivity index (χ0) is 18.0. The molecule has 0 bridgehead atoms. The molecule has 0 unspecified atom stereocenters. The molecular formula is C16H16BrN3O4S. The smallest absolute Gasteiger partial charge is 0.293 e. The van der Waals surface area contributed by atoms with Gasteiger partial charge in [0.25, 0.3) is 5.69 Å². The van der Waals surface area contributed by atoms with Crippen LogP contribution in [-0.2, 0) is 16.6 Å². The molecule has 0 saturated carbocycles. The number of sulfonamides is 1. The van der Waals surface area contributed by atoms with Crippen LogP contribution in [0.3, 0.4) is 0 Å². The molecule has 0 radical (unpaired) electrons. The minimum absolute atomic E-state index is 0.0207. The third kappa shape index (κ3) is 3.93. The molecule has 25 heavy (non-hydrogen) atoms. The van der Waals surface area contributed by atoms with Crippen molar-refractivity contribution in [1.82, 2.24) is 0 Å². The first-order valence-electron chi connectivity index (χ1n) is 7.64. The van der Waals surface area contributed by atoms with Crippen molar-refractivity contribution in [3.63, 3.8) is 0 Å². The molecule has 1 fully saturated rings. The molecule has 1 N–H and O–H groups in total. The van der Waals surface area contributed by atoms with Crippen LogP contribution in [0.2, 0.25) is 0 Å². The highest BCUT2D eigenvalue weighted by Crippen LogP contribution is 2.29. The van der Waals surface area contributed by atoms with E-state index < -0.39 is 14.9 Å². The summed E-state index contributed by atoms with van der Waals surface area (Å²) in [5.41, 5.74) is 1.86. The average Bonchev–Trinajstić information content (AvgIpc) is 2.93. The van der Waals surface area contributed by atoms with Crippen LogP contribution in [0.4, 0.5) is 17.1 Å². The van der Waals surface area contributed by atoms with Crippen molar-refractivity contribution in [2.45, 2.75) is 13.0 Å². The summed E-state index contributed by atoms with van der Waals surface area (Å²) in [5.74, 6) is 0.167. The van der Waals surface area contributed by atoms with Crippen molar-refractivity contribution >= 4 is 43.0 Å². The highest BCUT2D eigenvalue weighted by Gasteiger charge is 2.28. The Bertz CT molecular complexity index is 917. The van der Waals surface area contributed by atoms with Crippen LogP contribution in [0.1, 0.15) is 12.0 Å². The maximum absolute atomic E-state index is 12.0. The third-order valence-electron chi connectivity index (χ3n) is 3.94. The van der Waals surface area contributed by atoms with Crippen molar-refractivity contribution in [2.75, 3.05) is 21.9 Å². The number of rotatable bonds is 5. The quantitative estimate of drug-likeness (QED) is 0.584. The van der Waals surface area contributed by atoms with E-state index in [1.807, 2.05) is 6.07 Å². The Morgan fingerprint density at radius 2 is 2.04 bits per heavy atom. The first-order valence-corrected chi connectivity index (χ1v) is 10.0. The SMILES string of the molecule is O=[N+]([O-])c1cc(Br)ccc1NCc1cccc(N2CCCS2(=O)=O)c1. The second-order valence-corrected chi connectivity index (χ2v) is 8.61. The second kappa shape index (κ2) is 7.01. The lowest BCUT2D eigenvalue weighted by Crippen LogP contribution is -2.25. The molecule has 132 valence electrons. The minimum atomic E-state index is -3.23. The summed E-state index contributed by atoms with van der Waals surface area (Å²) in [6.07, 6.45) is 0.621. The Labute approximate surface area is 154 Å². The van der Waals surface area contributed by atoms with Gasteiger partial charge in [0.05, 0.1) is 16.4 Å². The fourth-order valence-electron chi connectivity index (χ4n) is 2.75. The van der Waals surface area contributed by atoms with E-state index in [1.165, 1.54) is 10.4 Å². The van der Waals surface area contributed by atoms with Crippen LogP contribution < -0.4 is 9.62 Å². The Hall–Kier alpha value is -2.13. The van der Waals surface area contributed by atoms with Gasteiger partial charge in [0.15, 0.2) is 0 Å². The van der Waals surface area contributed by atoms with E-state index in [9.17, 15) is 18.5 Å². The predicted octanol–water partition coefficient (Wildman–Crippen LogP) is 3.51. The van der Waals surface area contributed by atoms with E-state index in [1.54, 1.807) is 30.3 Å². The van der Waals surface area contributed by atoms with Crippen LogP contribution >= 0.6 is 15.9 Å². The Kier molecular flexibility index (Phi) is 4.96. The number of nitrogens with one attached hydrogen (secondary N) is 1. The highest BCUT2D eigenvalue weighted by atomic mass is 79.9. The molecule has 1 heterocycles. The summed E-state index contributed by atoms with van der Waals surface area (Å²) in [7, 11) is -3.23. The molecule has 0 amide bonds. The first-order chi connectivity index (χ1) is 11.9. The van der Waals surface area contributed by atoms with Gasteiger partial charge in [0, 0.05) is 23.6 Å². The number of nitrogens with zero attached hydrogens (tertiary/aromatic N) is 2. The van der Waals surface area contributed by atoms with E-state index in [2.05, 4.69) is 21.2 Å². The number of nitro benzene ring substituents is 1. The number of halogens is 1. The van der Waals surface area contributed by atoms with Gasteiger partial charge in [-0.05, 0) is 36.2 Å². The van der Waals surface area contributed by atoms with Crippen molar-refractivity contribution in [3.05, 3.63) is 62.6 Å². The monoisotopic (exact) mass is 425 g/mol. The first kappa shape index (κ1) is 17.7. The second-order valence-electron chi connectivity index (χ2n) is 5.68. The standard InChI is InChI=1S/C16H16BrN3O4S/c17-13-5-6-15(16(10-13)20(21)22)18-11-12-3-1-4-14(9-12)19-7-2-8-25(19,23)24/h1,3-6,9-10,18H,2,7-8,11H2. The highest BCUT2D eigenvalue weighted by molar-refractivity contribution is 9.10. The van der Waals surface area contributed by atoms with Crippen LogP contribution in [0.5, 0.6) is 0 Å². The van der Waals surface area contributed by atoms with Gasteiger partial charge < -0.3 is 5.32 Å². The van der Waals surface area contributed by atoms with Crippen molar-refractivity contribution in [2.24, 2.45) is 0 Å². The van der Waals surface area contributed by atoms with E-state index >= 15 is 0 Å². The van der Waals surface area contributed by atoms with Crippen molar-refractivity contribution in [3.8, 4) is 0 Å². The summed E-state index contributed by atoms with van der Waals surface area (Å²) in [6.45, 7) is 0.835. The maximum atomic E-state index is 12.0. The Balaban J connectivity index is 1.79. The van der Waals surface area contributed by atoms with Crippen LogP contribution in [0.25, 0.3) is 0 Å². The average molecular weight is 426 g/mol. The molecule has 0 atom stereocenters. The normalized spacial score (nSPS) is 16.0. The number of hydrogen-bond acceptors (Lipinski definition) is 5. The van der Waals surface area contributed by atoms with Gasteiger partial charge in [-0.2, -0.15) is 0 Å². The molecule has 1 aliphatic heterocycles. The maximum Gasteiger partial charge on any atom is 0.293 e. The molecule has 7 nitrogen and oxygen atoms in total. The minimum Gasteiger partial charge on any atom is -0.375 e. The van der Waals surface area contributed by atoms with Crippen molar-refractivity contribution in [1.29, 1.82) is 0 Å². The lowest BCUT2D eigenvalue weighted by Gasteiger charge is -2.18. The van der Waals surface area contributed by atoms with Gasteiger partial charge in [-0.25, -0.2) is 8.42 Å². The molecule has 0 aliphatic carbocycles. The molecule has 9 heteroatoms. The number of anilines is 2. The van der Waals surface area contributed by atoms with Crippen LogP contribution in [-0.4, -0.2) is 25.6 Å². The van der Waals surface area contributed by atoms with Gasteiger partial charge in [-0.1, -0.05) is 28.1 Å². The zero-order valence-corrected chi connectivity index (χ0v) is 15.6. The van der Waals surface area contributed by atoms with Crippen molar-refractivity contribution < 1.29 is 13.3 Å². The molecule has 3 rings (SSSR count). The largest absolute Gasteiger partial charge is 0.375 e. The Morgan fingerprint density at radius 3 is 2.72 bits per heavy atom. The van der Waals surface area contributed by atoms with E-state index in [4.69, 9.17) is 0 Å². The molecule has 1 saturated heterocycles. The summed E-state index contributed by atoms with van der Waals surface area (Å²) < 4.78 is 26.1. The van der Waals surface area contributed by atoms with Crippen LogP contribution in [0, 0.1) is 10.1 Å². The topological polar surface area (TPSA) is 92.6 Å². The lowest BCUT2D eigenvalue weighted by molar-refractivity contribution is -0.384. The molecule has 1 aliphatic rings. The summed E-state index contributed by atoms with van der Waals surface area (Å²) >= 11 is 3.22. The van der Waals surface area contributed by atoms with E-state index in [0.717, 1.165) is 5.56 Å². The zero-order valence-electron chi connectivity index (χ0n) is 13.2. The molecule has 0 spiro atoms. The predicted molar refractivity (Wildman–Crippen MR) is 100 cm³/mol. The van der Waals surface area contributed by atoms with Gasteiger partial charge in [0.1, 0.15) is 5.69 Å². The fourth-order valence-corrected chi connectivity index (χ4v) is 4.66. The third-order valence-corrected chi connectivity index (χ3v) is 6.30. The van der Waals surface area contributed by atoms with Gasteiger partial charge >= 0.3 is 0 Å². The lowest BCUT2D eigenvalue weighted by atomic mass is 10.2. The summed E-state index contributed by atoms with van der Waals surface area (Å²) in [6, 6.07) is 12.0. The summed E-state index contributed by atoms with van der Waals surface area (Å²) in [4.78, 5) is 10.7. The number of nitro groups is 1. The Morgan fingerprint density at radius 1 is 1.24 bits per heavy atom. The van der Waals surface area contributed by atoms with Gasteiger partial charge in [0.2, 0.25) is 10.0 Å². The molecule has 2 aromatic carbocycles. The van der Waals surface area contributed by atoms with E-state index in [0.29, 0.717) is 35.4 Å². The van der Waals surface area contributed by atoms with E-state index in [-0.39, 0.29) is 11.4 Å². The van der Waals surface area contributed by atoms with Gasteiger partial charge in [-0.3, -0.25) is 14.4 Å². The fraction of sp³-hybridized carbons (Fsp3) is 0.250. The molecule has 0 aromatic heterocycles. The van der Waals surface area contributed by atoms with Gasteiger partial charge in [-0.15, -0.1) is 0 Å². The molecular weight excluding hydrogens is 410 g/mol. The number of hydrogen-bond donors (Lipinski definition) is 1. The molecule has 2 aromatic rings.